The number of anilines is 2. The second-order valence-electron chi connectivity index (χ2n) is 4.92. The number of aryl methyl sites for hydroxylation is 2. The Morgan fingerprint density at radius 2 is 1.57 bits per heavy atom. The Morgan fingerprint density at radius 1 is 1.00 bits per heavy atom. The average molecular weight is 283 g/mol. The maximum absolute atomic E-state index is 12.2. The predicted molar refractivity (Wildman–Crippen MR) is 83.2 cm³/mol. The van der Waals surface area contributed by atoms with Crippen molar-refractivity contribution >= 4 is 23.2 Å². The van der Waals surface area contributed by atoms with Gasteiger partial charge in [0.2, 0.25) is 5.91 Å². The van der Waals surface area contributed by atoms with Crippen LogP contribution >= 0.6 is 0 Å². The third kappa shape index (κ3) is 3.20. The molecule has 108 valence electrons. The largest absolute Gasteiger partial charge is 0.398 e. The van der Waals surface area contributed by atoms with Crippen molar-refractivity contribution in [2.45, 2.75) is 13.8 Å². The molecule has 0 fully saturated rings. The van der Waals surface area contributed by atoms with E-state index in [1.807, 2.05) is 13.8 Å². The number of primary amides is 1. The first-order chi connectivity index (χ1) is 9.88. The van der Waals surface area contributed by atoms with Gasteiger partial charge in [-0.05, 0) is 55.3 Å². The molecule has 5 N–H and O–H groups in total. The van der Waals surface area contributed by atoms with Gasteiger partial charge in [0.25, 0.3) is 5.91 Å². The van der Waals surface area contributed by atoms with Crippen LogP contribution in [-0.4, -0.2) is 11.8 Å². The Bertz CT molecular complexity index is 700. The Morgan fingerprint density at radius 3 is 2.14 bits per heavy atom. The standard InChI is InChI=1S/C16H17N3O2/c1-9-6-13(7-10(2)14(9)17)19-16(21)12-5-3-4-11(8-12)15(18)20/h3-8H,17H2,1-2H3,(H2,18,20)(H,19,21). The summed E-state index contributed by atoms with van der Waals surface area (Å²) in [5.74, 6) is -0.870. The van der Waals surface area contributed by atoms with Crippen LogP contribution < -0.4 is 16.8 Å². The molecule has 5 heteroatoms. The number of nitrogens with one attached hydrogen (secondary N) is 1. The fourth-order valence-corrected chi connectivity index (χ4v) is 2.06. The number of nitrogens with two attached hydrogens (primary N) is 2. The maximum Gasteiger partial charge on any atom is 0.255 e. The number of carbonyl (C=O) groups is 2. The van der Waals surface area contributed by atoms with Crippen molar-refractivity contribution in [3.05, 3.63) is 58.7 Å². The quantitative estimate of drug-likeness (QED) is 0.753. The summed E-state index contributed by atoms with van der Waals surface area (Å²) in [5.41, 5.74) is 14.9. The molecular formula is C16H17N3O2. The van der Waals surface area contributed by atoms with E-state index in [1.54, 1.807) is 30.3 Å². The van der Waals surface area contributed by atoms with Crippen molar-refractivity contribution in [3.8, 4) is 0 Å². The highest BCUT2D eigenvalue weighted by atomic mass is 16.2. The second-order valence-corrected chi connectivity index (χ2v) is 4.92. The van der Waals surface area contributed by atoms with Gasteiger partial charge in [-0.15, -0.1) is 0 Å². The predicted octanol–water partition coefficient (Wildman–Crippen LogP) is 2.24. The van der Waals surface area contributed by atoms with Gasteiger partial charge in [0, 0.05) is 22.5 Å². The highest BCUT2D eigenvalue weighted by molar-refractivity contribution is 6.06. The van der Waals surface area contributed by atoms with E-state index in [2.05, 4.69) is 5.32 Å². The minimum Gasteiger partial charge on any atom is -0.398 e. The lowest BCUT2D eigenvalue weighted by atomic mass is 10.1. The van der Waals surface area contributed by atoms with Gasteiger partial charge >= 0.3 is 0 Å². The Labute approximate surface area is 123 Å². The molecule has 0 saturated heterocycles. The van der Waals surface area contributed by atoms with Gasteiger partial charge in [0.1, 0.15) is 0 Å². The summed E-state index contributed by atoms with van der Waals surface area (Å²) in [6, 6.07) is 9.88. The SMILES string of the molecule is Cc1cc(NC(=O)c2cccc(C(N)=O)c2)cc(C)c1N. The van der Waals surface area contributed by atoms with E-state index in [0.717, 1.165) is 11.1 Å². The molecule has 0 bridgehead atoms. The zero-order valence-corrected chi connectivity index (χ0v) is 11.9. The molecule has 0 aromatic heterocycles. The Balaban J connectivity index is 2.26. The number of amides is 2. The van der Waals surface area contributed by atoms with E-state index in [4.69, 9.17) is 11.5 Å². The highest BCUT2D eigenvalue weighted by Crippen LogP contribution is 2.22. The third-order valence-corrected chi connectivity index (χ3v) is 3.26. The monoisotopic (exact) mass is 283 g/mol. The average Bonchev–Trinajstić information content (AvgIpc) is 2.44. The molecule has 0 spiro atoms. The molecule has 0 unspecified atom stereocenters. The van der Waals surface area contributed by atoms with Gasteiger partial charge in [-0.1, -0.05) is 6.07 Å². The van der Waals surface area contributed by atoms with Crippen LogP contribution in [0.4, 0.5) is 11.4 Å². The van der Waals surface area contributed by atoms with E-state index in [9.17, 15) is 9.59 Å². The number of nitrogen functional groups attached to an aromatic ring is 1. The first-order valence-corrected chi connectivity index (χ1v) is 6.46. The van der Waals surface area contributed by atoms with Crippen molar-refractivity contribution in [2.75, 3.05) is 11.1 Å². The van der Waals surface area contributed by atoms with Gasteiger partial charge < -0.3 is 16.8 Å². The minimum absolute atomic E-state index is 0.298. The fraction of sp³-hybridized carbons (Fsp3) is 0.125. The summed E-state index contributed by atoms with van der Waals surface area (Å²) in [4.78, 5) is 23.3. The fourth-order valence-electron chi connectivity index (χ4n) is 2.06. The summed E-state index contributed by atoms with van der Waals surface area (Å²) >= 11 is 0. The van der Waals surface area contributed by atoms with Crippen LogP contribution in [0.3, 0.4) is 0 Å². The molecule has 2 rings (SSSR count). The van der Waals surface area contributed by atoms with Crippen molar-refractivity contribution in [3.63, 3.8) is 0 Å². The summed E-state index contributed by atoms with van der Waals surface area (Å²) in [6.07, 6.45) is 0. The molecule has 2 aromatic carbocycles. The molecule has 2 amide bonds. The van der Waals surface area contributed by atoms with Crippen LogP contribution in [0.1, 0.15) is 31.8 Å². The van der Waals surface area contributed by atoms with Crippen molar-refractivity contribution in [1.29, 1.82) is 0 Å². The third-order valence-electron chi connectivity index (χ3n) is 3.26. The van der Waals surface area contributed by atoms with Crippen LogP contribution in [0.5, 0.6) is 0 Å². The van der Waals surface area contributed by atoms with E-state index in [0.29, 0.717) is 22.5 Å². The van der Waals surface area contributed by atoms with Crippen molar-refractivity contribution < 1.29 is 9.59 Å². The number of carbonyl (C=O) groups excluding carboxylic acids is 2. The Hall–Kier alpha value is -2.82. The van der Waals surface area contributed by atoms with Crippen molar-refractivity contribution in [2.24, 2.45) is 5.73 Å². The molecule has 5 nitrogen and oxygen atoms in total. The normalized spacial score (nSPS) is 10.2. The maximum atomic E-state index is 12.2. The Kier molecular flexibility index (Phi) is 3.93. The number of hydrogen-bond acceptors (Lipinski definition) is 3. The van der Waals surface area contributed by atoms with Gasteiger partial charge in [-0.25, -0.2) is 0 Å². The highest BCUT2D eigenvalue weighted by Gasteiger charge is 2.10. The summed E-state index contributed by atoms with van der Waals surface area (Å²) in [6.45, 7) is 3.76. The summed E-state index contributed by atoms with van der Waals surface area (Å²) in [7, 11) is 0. The molecule has 0 aliphatic heterocycles. The molecular weight excluding hydrogens is 266 g/mol. The molecule has 0 aliphatic rings. The van der Waals surface area contributed by atoms with Crippen LogP contribution in [0.15, 0.2) is 36.4 Å². The van der Waals surface area contributed by atoms with Crippen LogP contribution in [0.2, 0.25) is 0 Å². The van der Waals surface area contributed by atoms with Gasteiger partial charge in [0.05, 0.1) is 0 Å². The van der Waals surface area contributed by atoms with E-state index in [-0.39, 0.29) is 5.91 Å². The van der Waals surface area contributed by atoms with Crippen molar-refractivity contribution in [1.82, 2.24) is 0 Å². The van der Waals surface area contributed by atoms with E-state index in [1.165, 1.54) is 6.07 Å². The van der Waals surface area contributed by atoms with Gasteiger partial charge in [-0.2, -0.15) is 0 Å². The molecule has 0 atom stereocenters. The zero-order chi connectivity index (χ0) is 15.6. The number of rotatable bonds is 3. The second kappa shape index (κ2) is 5.66. The molecule has 0 radical (unpaired) electrons. The first-order valence-electron chi connectivity index (χ1n) is 6.46. The molecule has 0 saturated carbocycles. The van der Waals surface area contributed by atoms with Crippen LogP contribution in [0, 0.1) is 13.8 Å². The number of hydrogen-bond donors (Lipinski definition) is 3. The molecule has 2 aromatic rings. The van der Waals surface area contributed by atoms with E-state index < -0.39 is 5.91 Å². The minimum atomic E-state index is -0.566. The lowest BCUT2D eigenvalue weighted by Gasteiger charge is -2.10. The first kappa shape index (κ1) is 14.6. The van der Waals surface area contributed by atoms with Crippen LogP contribution in [-0.2, 0) is 0 Å². The van der Waals surface area contributed by atoms with E-state index >= 15 is 0 Å². The number of benzene rings is 2. The summed E-state index contributed by atoms with van der Waals surface area (Å²) < 4.78 is 0. The van der Waals surface area contributed by atoms with Gasteiger partial charge in [-0.3, -0.25) is 9.59 Å². The van der Waals surface area contributed by atoms with Gasteiger partial charge in [0.15, 0.2) is 0 Å². The molecule has 0 aliphatic carbocycles. The zero-order valence-electron chi connectivity index (χ0n) is 11.9. The topological polar surface area (TPSA) is 98.2 Å². The lowest BCUT2D eigenvalue weighted by molar-refractivity contribution is 0.1000. The molecule has 0 heterocycles. The molecule has 21 heavy (non-hydrogen) atoms. The summed E-state index contributed by atoms with van der Waals surface area (Å²) in [5, 5.41) is 2.79. The smallest absolute Gasteiger partial charge is 0.255 e. The lowest BCUT2D eigenvalue weighted by Crippen LogP contribution is -2.15. The van der Waals surface area contributed by atoms with Crippen LogP contribution in [0.25, 0.3) is 0 Å².